The van der Waals surface area contributed by atoms with Crippen LogP contribution in [0.3, 0.4) is 0 Å². The first kappa shape index (κ1) is 28.7. The lowest BCUT2D eigenvalue weighted by Crippen LogP contribution is -2.41. The average molecular weight is 494 g/mol. The third-order valence-electron chi connectivity index (χ3n) is 6.05. The van der Waals surface area contributed by atoms with Gasteiger partial charge in [0, 0.05) is 23.2 Å². The lowest BCUT2D eigenvalue weighted by atomic mass is 9.82. The van der Waals surface area contributed by atoms with Crippen molar-refractivity contribution in [2.45, 2.75) is 51.6 Å². The van der Waals surface area contributed by atoms with Gasteiger partial charge in [-0.15, -0.1) is 0 Å². The minimum absolute atomic E-state index is 0.0728. The Morgan fingerprint density at radius 3 is 1.72 bits per heavy atom. The first-order chi connectivity index (χ1) is 17.3. The highest BCUT2D eigenvalue weighted by Crippen LogP contribution is 2.32. The van der Waals surface area contributed by atoms with Crippen LogP contribution < -0.4 is 14.8 Å². The van der Waals surface area contributed by atoms with E-state index in [-0.39, 0.29) is 5.82 Å². The Morgan fingerprint density at radius 2 is 1.28 bits per heavy atom. The zero-order valence-corrected chi connectivity index (χ0v) is 21.7. The summed E-state index contributed by atoms with van der Waals surface area (Å²) < 4.78 is 23.3. The van der Waals surface area contributed by atoms with Gasteiger partial charge >= 0.3 is 0 Å². The molecule has 2 atom stereocenters. The predicted octanol–water partition coefficient (Wildman–Crippen LogP) is 6.39. The van der Waals surface area contributed by atoms with Gasteiger partial charge in [0.2, 0.25) is 0 Å². The molecule has 2 unspecified atom stereocenters. The Labute approximate surface area is 213 Å². The summed E-state index contributed by atoms with van der Waals surface area (Å²) in [6, 6.07) is 20.5. The van der Waals surface area contributed by atoms with Gasteiger partial charge < -0.3 is 14.8 Å². The highest BCUT2D eigenvalue weighted by molar-refractivity contribution is 5.75. The number of hydrogen-bond donors (Lipinski definition) is 1. The summed E-state index contributed by atoms with van der Waals surface area (Å²) in [5, 5.41) is 3.52. The maximum atomic E-state index is 13.5. The van der Waals surface area contributed by atoms with Crippen LogP contribution in [0.25, 0.3) is 0 Å². The van der Waals surface area contributed by atoms with Gasteiger partial charge in [0.25, 0.3) is 0 Å². The fourth-order valence-corrected chi connectivity index (χ4v) is 4.32. The monoisotopic (exact) mass is 493 g/mol. The van der Waals surface area contributed by atoms with Gasteiger partial charge in [-0.3, -0.25) is 9.59 Å². The average Bonchev–Trinajstić information content (AvgIpc) is 2.90. The number of hydrogen-bond acceptors (Lipinski definition) is 5. The topological polar surface area (TPSA) is 64.6 Å². The molecule has 1 N–H and O–H groups in total. The van der Waals surface area contributed by atoms with E-state index >= 15 is 0 Å². The molecule has 5 nitrogen and oxygen atoms in total. The maximum absolute atomic E-state index is 13.5. The number of piperidine rings is 1. The Balaban J connectivity index is 0.000000200. The van der Waals surface area contributed by atoms with Crippen LogP contribution >= 0.6 is 0 Å². The van der Waals surface area contributed by atoms with E-state index in [2.05, 4.69) is 25.2 Å². The van der Waals surface area contributed by atoms with Gasteiger partial charge in [-0.05, 0) is 81.0 Å². The van der Waals surface area contributed by atoms with Gasteiger partial charge in [-0.2, -0.15) is 0 Å². The molecule has 4 rings (SSSR count). The molecule has 1 heterocycles. The Kier molecular flexibility index (Phi) is 11.8. The van der Waals surface area contributed by atoms with Crippen molar-refractivity contribution in [3.05, 3.63) is 94.8 Å². The van der Waals surface area contributed by atoms with E-state index in [4.69, 9.17) is 9.47 Å². The summed E-state index contributed by atoms with van der Waals surface area (Å²) in [7, 11) is 3.15. The molecule has 1 saturated heterocycles. The largest absolute Gasteiger partial charge is 0.497 e. The van der Waals surface area contributed by atoms with Crippen molar-refractivity contribution >= 4 is 12.6 Å². The van der Waals surface area contributed by atoms with Crippen LogP contribution in [0.15, 0.2) is 66.7 Å². The van der Waals surface area contributed by atoms with Crippen molar-refractivity contribution in [3.8, 4) is 11.5 Å². The molecule has 0 radical (unpaired) electrons. The van der Waals surface area contributed by atoms with Gasteiger partial charge in [-0.25, -0.2) is 4.39 Å². The first-order valence-electron chi connectivity index (χ1n) is 12.0. The zero-order valence-electron chi connectivity index (χ0n) is 21.7. The molecule has 0 aliphatic carbocycles. The molecular weight excluding hydrogens is 457 g/mol. The number of carbonyl (C=O) groups is 2. The number of rotatable bonds is 5. The lowest BCUT2D eigenvalue weighted by molar-refractivity contribution is 0.111. The van der Waals surface area contributed by atoms with Crippen molar-refractivity contribution in [2.75, 3.05) is 14.2 Å². The maximum Gasteiger partial charge on any atom is 0.150 e. The van der Waals surface area contributed by atoms with Crippen LogP contribution in [-0.4, -0.2) is 38.9 Å². The molecule has 1 aliphatic heterocycles. The Hall–Kier alpha value is -3.51. The van der Waals surface area contributed by atoms with E-state index in [1.807, 2.05) is 13.0 Å². The van der Waals surface area contributed by atoms with Crippen LogP contribution in [0.2, 0.25) is 0 Å². The minimum Gasteiger partial charge on any atom is -0.497 e. The summed E-state index contributed by atoms with van der Waals surface area (Å²) >= 11 is 0. The second-order valence-corrected chi connectivity index (χ2v) is 8.88. The number of aldehydes is 2. The van der Waals surface area contributed by atoms with E-state index in [1.165, 1.54) is 5.56 Å². The van der Waals surface area contributed by atoms with Crippen molar-refractivity contribution in [2.24, 2.45) is 0 Å². The van der Waals surface area contributed by atoms with Gasteiger partial charge in [0.05, 0.1) is 14.2 Å². The van der Waals surface area contributed by atoms with Gasteiger partial charge in [-0.1, -0.05) is 36.4 Å². The first-order valence-corrected chi connectivity index (χ1v) is 12.0. The molecule has 0 amide bonds. The van der Waals surface area contributed by atoms with Gasteiger partial charge in [0.15, 0.2) is 0 Å². The number of benzene rings is 3. The third kappa shape index (κ3) is 8.93. The molecule has 1 aliphatic rings. The fourth-order valence-electron chi connectivity index (χ4n) is 4.32. The molecule has 0 bridgehead atoms. The fraction of sp³-hybridized carbons (Fsp3) is 0.333. The molecule has 0 saturated carbocycles. The Bertz CT molecular complexity index is 1060. The van der Waals surface area contributed by atoms with E-state index in [0.29, 0.717) is 40.6 Å². The van der Waals surface area contributed by atoms with E-state index < -0.39 is 0 Å². The number of nitrogens with one attached hydrogen (secondary N) is 1. The van der Waals surface area contributed by atoms with Crippen molar-refractivity contribution < 1.29 is 23.5 Å². The smallest absolute Gasteiger partial charge is 0.150 e. The van der Waals surface area contributed by atoms with E-state index in [9.17, 15) is 14.0 Å². The predicted molar refractivity (Wildman–Crippen MR) is 142 cm³/mol. The second kappa shape index (κ2) is 14.8. The molecular formula is C30H36FNO4. The summed E-state index contributed by atoms with van der Waals surface area (Å²) in [4.78, 5) is 20.4. The van der Waals surface area contributed by atoms with Crippen molar-refractivity contribution in [3.63, 3.8) is 0 Å². The molecule has 0 aromatic heterocycles. The molecule has 0 spiro atoms. The molecule has 1 fully saturated rings. The molecule has 3 aromatic rings. The second-order valence-electron chi connectivity index (χ2n) is 8.88. The number of ether oxygens (including phenoxy) is 2. The van der Waals surface area contributed by atoms with Crippen LogP contribution in [0.5, 0.6) is 11.5 Å². The van der Waals surface area contributed by atoms with Crippen LogP contribution in [0.1, 0.15) is 64.4 Å². The zero-order chi connectivity index (χ0) is 26.5. The summed E-state index contributed by atoms with van der Waals surface area (Å²) in [6.45, 7) is 6.30. The number of methoxy groups -OCH3 is 2. The number of carbonyl (C=O) groups excluding carboxylic acids is 2. The normalized spacial score (nSPS) is 18.4. The number of halogens is 1. The molecule has 192 valence electrons. The molecule has 3 aromatic carbocycles. The minimum atomic E-state index is -0.0728. The van der Waals surface area contributed by atoms with Crippen molar-refractivity contribution in [1.82, 2.24) is 5.32 Å². The highest BCUT2D eigenvalue weighted by atomic mass is 19.1. The highest BCUT2D eigenvalue weighted by Gasteiger charge is 2.25. The van der Waals surface area contributed by atoms with Crippen LogP contribution in [-0.2, 0) is 0 Å². The third-order valence-corrected chi connectivity index (χ3v) is 6.05. The summed E-state index contributed by atoms with van der Waals surface area (Å²) in [5.41, 5.74) is 3.30. The van der Waals surface area contributed by atoms with E-state index in [0.717, 1.165) is 31.0 Å². The SMILES string of the molecule is COc1cccc(C=O)c1.COc1cccc(C=O)c1.Cc1c(F)cccc1C1CC(C)NC(C)C1. The van der Waals surface area contributed by atoms with Crippen LogP contribution in [0.4, 0.5) is 4.39 Å². The Morgan fingerprint density at radius 1 is 0.806 bits per heavy atom. The van der Waals surface area contributed by atoms with Crippen LogP contribution in [0, 0.1) is 12.7 Å². The summed E-state index contributed by atoms with van der Waals surface area (Å²) in [6.07, 6.45) is 3.80. The van der Waals surface area contributed by atoms with E-state index in [1.54, 1.807) is 68.8 Å². The standard InChI is InChI=1S/C14H20FN.2C8H8O2/c1-9-7-12(8-10(2)16-9)13-5-4-6-14(15)11(13)3;2*1-10-8-4-2-3-7(5-8)6-9/h4-6,9-10,12,16H,7-8H2,1-3H3;2*2-6H,1H3. The van der Waals surface area contributed by atoms with Crippen molar-refractivity contribution in [1.29, 1.82) is 0 Å². The molecule has 36 heavy (non-hydrogen) atoms. The molecule has 6 heteroatoms. The quantitative estimate of drug-likeness (QED) is 0.417. The van der Waals surface area contributed by atoms with Gasteiger partial charge in [0.1, 0.15) is 29.9 Å². The summed E-state index contributed by atoms with van der Waals surface area (Å²) in [5.74, 6) is 1.85. The lowest BCUT2D eigenvalue weighted by Gasteiger charge is -2.34.